The Morgan fingerprint density at radius 1 is 1.40 bits per heavy atom. The van der Waals surface area contributed by atoms with Gasteiger partial charge in [0.1, 0.15) is 0 Å². The Bertz CT molecular complexity index is 103. The summed E-state index contributed by atoms with van der Waals surface area (Å²) in [6.07, 6.45) is 5.60. The molecular formula is C9H18O. The highest BCUT2D eigenvalue weighted by molar-refractivity contribution is 4.92. The van der Waals surface area contributed by atoms with Crippen molar-refractivity contribution in [1.29, 1.82) is 0 Å². The van der Waals surface area contributed by atoms with E-state index in [1.165, 1.54) is 12.8 Å². The second-order valence-corrected chi connectivity index (χ2v) is 4.01. The molecule has 0 saturated heterocycles. The van der Waals surface area contributed by atoms with Gasteiger partial charge in [-0.05, 0) is 25.2 Å². The SMILES string of the molecule is CC(C)CCCC1(O)CC1. The Balaban J connectivity index is 1.95. The predicted molar refractivity (Wildman–Crippen MR) is 42.9 cm³/mol. The van der Waals surface area contributed by atoms with Crippen LogP contribution in [0.5, 0.6) is 0 Å². The van der Waals surface area contributed by atoms with Crippen molar-refractivity contribution in [3.63, 3.8) is 0 Å². The fourth-order valence-electron chi connectivity index (χ4n) is 1.23. The van der Waals surface area contributed by atoms with E-state index in [1.54, 1.807) is 0 Å². The first-order valence-corrected chi connectivity index (χ1v) is 4.35. The van der Waals surface area contributed by atoms with Crippen LogP contribution in [-0.2, 0) is 0 Å². The van der Waals surface area contributed by atoms with Gasteiger partial charge in [-0.25, -0.2) is 0 Å². The van der Waals surface area contributed by atoms with Gasteiger partial charge in [0.25, 0.3) is 0 Å². The molecule has 0 radical (unpaired) electrons. The van der Waals surface area contributed by atoms with Crippen LogP contribution in [0, 0.1) is 5.92 Å². The van der Waals surface area contributed by atoms with Crippen LogP contribution in [0.25, 0.3) is 0 Å². The molecule has 0 atom stereocenters. The molecule has 1 rings (SSSR count). The minimum Gasteiger partial charge on any atom is -0.390 e. The Morgan fingerprint density at radius 3 is 2.40 bits per heavy atom. The monoisotopic (exact) mass is 142 g/mol. The van der Waals surface area contributed by atoms with Gasteiger partial charge in [0.05, 0.1) is 5.60 Å². The maximum absolute atomic E-state index is 9.44. The van der Waals surface area contributed by atoms with E-state index in [9.17, 15) is 5.11 Å². The molecule has 0 unspecified atom stereocenters. The molecule has 1 saturated carbocycles. The maximum Gasteiger partial charge on any atom is 0.0650 e. The van der Waals surface area contributed by atoms with Crippen molar-refractivity contribution < 1.29 is 5.11 Å². The van der Waals surface area contributed by atoms with Gasteiger partial charge in [0.15, 0.2) is 0 Å². The van der Waals surface area contributed by atoms with Crippen molar-refractivity contribution in [2.24, 2.45) is 5.92 Å². The second kappa shape index (κ2) is 2.91. The van der Waals surface area contributed by atoms with E-state index in [2.05, 4.69) is 13.8 Å². The average Bonchev–Trinajstić information content (AvgIpc) is 2.47. The lowest BCUT2D eigenvalue weighted by molar-refractivity contribution is 0.135. The van der Waals surface area contributed by atoms with Crippen LogP contribution in [0.15, 0.2) is 0 Å². The zero-order chi connectivity index (χ0) is 7.61. The molecule has 0 aliphatic heterocycles. The molecule has 1 fully saturated rings. The number of aliphatic hydroxyl groups is 1. The quantitative estimate of drug-likeness (QED) is 0.638. The lowest BCUT2D eigenvalue weighted by Gasteiger charge is -2.07. The predicted octanol–water partition coefficient (Wildman–Crippen LogP) is 2.34. The van der Waals surface area contributed by atoms with Crippen LogP contribution < -0.4 is 0 Å². The van der Waals surface area contributed by atoms with Gasteiger partial charge in [-0.1, -0.05) is 26.7 Å². The van der Waals surface area contributed by atoms with E-state index >= 15 is 0 Å². The van der Waals surface area contributed by atoms with E-state index in [0.29, 0.717) is 0 Å². The first-order valence-electron chi connectivity index (χ1n) is 4.35. The fourth-order valence-corrected chi connectivity index (χ4v) is 1.23. The fraction of sp³-hybridized carbons (Fsp3) is 1.00. The van der Waals surface area contributed by atoms with Gasteiger partial charge < -0.3 is 5.11 Å². The van der Waals surface area contributed by atoms with Crippen molar-refractivity contribution in [2.45, 2.75) is 51.6 Å². The van der Waals surface area contributed by atoms with Gasteiger partial charge >= 0.3 is 0 Å². The van der Waals surface area contributed by atoms with E-state index in [-0.39, 0.29) is 5.60 Å². The molecule has 1 nitrogen and oxygen atoms in total. The molecule has 0 amide bonds. The first-order chi connectivity index (χ1) is 4.62. The zero-order valence-corrected chi connectivity index (χ0v) is 7.06. The van der Waals surface area contributed by atoms with Gasteiger partial charge in [-0.3, -0.25) is 0 Å². The first kappa shape index (κ1) is 8.06. The summed E-state index contributed by atoms with van der Waals surface area (Å²) in [6, 6.07) is 0. The number of rotatable bonds is 4. The van der Waals surface area contributed by atoms with Gasteiger partial charge in [0, 0.05) is 0 Å². The smallest absolute Gasteiger partial charge is 0.0650 e. The lowest BCUT2D eigenvalue weighted by Crippen LogP contribution is -2.06. The van der Waals surface area contributed by atoms with Crippen LogP contribution in [0.2, 0.25) is 0 Å². The molecule has 0 aromatic carbocycles. The van der Waals surface area contributed by atoms with Gasteiger partial charge in [0.2, 0.25) is 0 Å². The molecule has 0 heterocycles. The third-order valence-corrected chi connectivity index (χ3v) is 2.25. The Labute approximate surface area is 63.4 Å². The maximum atomic E-state index is 9.44. The third kappa shape index (κ3) is 2.70. The second-order valence-electron chi connectivity index (χ2n) is 4.01. The van der Waals surface area contributed by atoms with Crippen LogP contribution in [0.3, 0.4) is 0 Å². The van der Waals surface area contributed by atoms with E-state index in [0.717, 1.165) is 25.2 Å². The van der Waals surface area contributed by atoms with Crippen LogP contribution in [0.1, 0.15) is 46.0 Å². The summed E-state index contributed by atoms with van der Waals surface area (Å²) in [7, 11) is 0. The van der Waals surface area contributed by atoms with Crippen molar-refractivity contribution in [3.05, 3.63) is 0 Å². The topological polar surface area (TPSA) is 20.2 Å². The summed E-state index contributed by atoms with van der Waals surface area (Å²) in [4.78, 5) is 0. The van der Waals surface area contributed by atoms with E-state index in [4.69, 9.17) is 0 Å². The summed E-state index contributed by atoms with van der Waals surface area (Å²) >= 11 is 0. The van der Waals surface area contributed by atoms with Crippen LogP contribution in [-0.4, -0.2) is 10.7 Å². The van der Waals surface area contributed by atoms with Crippen molar-refractivity contribution in [1.82, 2.24) is 0 Å². The summed E-state index contributed by atoms with van der Waals surface area (Å²) in [6.45, 7) is 4.47. The highest BCUT2D eigenvalue weighted by atomic mass is 16.3. The Kier molecular flexibility index (Phi) is 2.35. The molecule has 0 spiro atoms. The Morgan fingerprint density at radius 2 is 2.00 bits per heavy atom. The highest BCUT2D eigenvalue weighted by Crippen LogP contribution is 2.39. The number of hydrogen-bond acceptors (Lipinski definition) is 1. The Hall–Kier alpha value is -0.0400. The minimum absolute atomic E-state index is 0.213. The number of hydrogen-bond donors (Lipinski definition) is 1. The van der Waals surface area contributed by atoms with Gasteiger partial charge in [-0.2, -0.15) is 0 Å². The van der Waals surface area contributed by atoms with E-state index < -0.39 is 0 Å². The molecule has 60 valence electrons. The zero-order valence-electron chi connectivity index (χ0n) is 7.06. The molecule has 1 heteroatoms. The van der Waals surface area contributed by atoms with Crippen molar-refractivity contribution in [2.75, 3.05) is 0 Å². The molecule has 1 aliphatic rings. The third-order valence-electron chi connectivity index (χ3n) is 2.25. The molecule has 0 bridgehead atoms. The summed E-state index contributed by atoms with van der Waals surface area (Å²) < 4.78 is 0. The summed E-state index contributed by atoms with van der Waals surface area (Å²) in [5.74, 6) is 0.794. The average molecular weight is 142 g/mol. The molecule has 0 aromatic heterocycles. The molecule has 0 aromatic rings. The molecule has 1 aliphatic carbocycles. The minimum atomic E-state index is -0.213. The van der Waals surface area contributed by atoms with Crippen molar-refractivity contribution in [3.8, 4) is 0 Å². The van der Waals surface area contributed by atoms with Gasteiger partial charge in [-0.15, -0.1) is 0 Å². The lowest BCUT2D eigenvalue weighted by atomic mass is 10.0. The van der Waals surface area contributed by atoms with E-state index in [1.807, 2.05) is 0 Å². The standard InChI is InChI=1S/C9H18O/c1-8(2)4-3-5-9(10)6-7-9/h8,10H,3-7H2,1-2H3. The molecular weight excluding hydrogens is 124 g/mol. The normalized spacial score (nSPS) is 21.6. The summed E-state index contributed by atoms with van der Waals surface area (Å²) in [5, 5.41) is 9.44. The molecule has 10 heavy (non-hydrogen) atoms. The molecule has 1 N–H and O–H groups in total. The highest BCUT2D eigenvalue weighted by Gasteiger charge is 2.39. The van der Waals surface area contributed by atoms with Crippen LogP contribution >= 0.6 is 0 Å². The van der Waals surface area contributed by atoms with Crippen molar-refractivity contribution >= 4 is 0 Å². The van der Waals surface area contributed by atoms with Crippen LogP contribution in [0.4, 0.5) is 0 Å². The summed E-state index contributed by atoms with van der Waals surface area (Å²) in [5.41, 5.74) is -0.213. The largest absolute Gasteiger partial charge is 0.390 e.